The van der Waals surface area contributed by atoms with Crippen molar-refractivity contribution < 1.29 is 19.1 Å². The number of nitrogens with zero attached hydrogens (tertiary/aromatic N) is 4. The molecule has 0 atom stereocenters. The molecule has 0 radical (unpaired) electrons. The second-order valence-electron chi connectivity index (χ2n) is 8.04. The number of aromatic nitrogens is 2. The lowest BCUT2D eigenvalue weighted by atomic mass is 9.89. The van der Waals surface area contributed by atoms with Gasteiger partial charge in [0.25, 0.3) is 0 Å². The Bertz CT molecular complexity index is 1260. The highest BCUT2D eigenvalue weighted by molar-refractivity contribution is 9.10. The third-order valence-corrected chi connectivity index (χ3v) is 6.52. The summed E-state index contributed by atoms with van der Waals surface area (Å²) in [6.07, 6.45) is 3.16. The Morgan fingerprint density at radius 2 is 1.91 bits per heavy atom. The third-order valence-electron chi connectivity index (χ3n) is 6.05. The number of hydrogen-bond donors (Lipinski definition) is 0. The second-order valence-corrected chi connectivity index (χ2v) is 8.96. The molecule has 3 aromatic heterocycles. The summed E-state index contributed by atoms with van der Waals surface area (Å²) in [4.78, 5) is 48.4. The predicted molar refractivity (Wildman–Crippen MR) is 120 cm³/mol. The molecule has 1 aliphatic carbocycles. The zero-order valence-electron chi connectivity index (χ0n) is 17.5. The van der Waals surface area contributed by atoms with Gasteiger partial charge in [0, 0.05) is 49.6 Å². The minimum absolute atomic E-state index is 0.0817. The van der Waals surface area contributed by atoms with E-state index in [4.69, 9.17) is 4.74 Å². The van der Waals surface area contributed by atoms with Crippen molar-refractivity contribution in [1.29, 1.82) is 0 Å². The van der Waals surface area contributed by atoms with Crippen LogP contribution in [0.2, 0.25) is 0 Å². The first kappa shape index (κ1) is 21.0. The molecule has 8 nitrogen and oxygen atoms in total. The van der Waals surface area contributed by atoms with E-state index in [1.165, 1.54) is 6.20 Å². The van der Waals surface area contributed by atoms with E-state index in [9.17, 15) is 14.4 Å². The summed E-state index contributed by atoms with van der Waals surface area (Å²) in [6, 6.07) is 6.64. The average molecular weight is 497 g/mol. The highest BCUT2D eigenvalue weighted by atomic mass is 79.9. The smallest absolute Gasteiger partial charge is 0.341 e. The van der Waals surface area contributed by atoms with Crippen LogP contribution in [0.5, 0.6) is 0 Å². The van der Waals surface area contributed by atoms with Crippen LogP contribution in [0.3, 0.4) is 0 Å². The first-order valence-electron chi connectivity index (χ1n) is 10.4. The lowest BCUT2D eigenvalue weighted by Crippen LogP contribution is -2.45. The molecule has 0 unspecified atom stereocenters. The zero-order valence-corrected chi connectivity index (χ0v) is 19.1. The van der Waals surface area contributed by atoms with Crippen LogP contribution in [0.4, 0.5) is 0 Å². The number of ketones is 2. The fourth-order valence-corrected chi connectivity index (χ4v) is 4.65. The number of fused-ring (bicyclic) bond motifs is 4. The van der Waals surface area contributed by atoms with E-state index in [0.29, 0.717) is 16.5 Å². The van der Waals surface area contributed by atoms with Crippen molar-refractivity contribution >= 4 is 39.0 Å². The lowest BCUT2D eigenvalue weighted by molar-refractivity contribution is 0.0432. The van der Waals surface area contributed by atoms with Crippen molar-refractivity contribution in [2.45, 2.75) is 0 Å². The largest absolute Gasteiger partial charge is 0.461 e. The van der Waals surface area contributed by atoms with Crippen LogP contribution in [0.15, 0.2) is 41.1 Å². The van der Waals surface area contributed by atoms with E-state index in [0.717, 1.165) is 26.2 Å². The van der Waals surface area contributed by atoms with Crippen LogP contribution in [0.25, 0.3) is 5.52 Å². The van der Waals surface area contributed by atoms with Gasteiger partial charge in [0.2, 0.25) is 5.78 Å². The van der Waals surface area contributed by atoms with Gasteiger partial charge in [0.1, 0.15) is 18.0 Å². The molecule has 0 aromatic carbocycles. The normalized spacial score (nSPS) is 16.8. The number of carbonyl (C=O) groups is 3. The van der Waals surface area contributed by atoms with Gasteiger partial charge in [0.15, 0.2) is 5.78 Å². The highest BCUT2D eigenvalue weighted by Crippen LogP contribution is 2.34. The second kappa shape index (κ2) is 8.23. The minimum Gasteiger partial charge on any atom is -0.461 e. The first-order valence-corrected chi connectivity index (χ1v) is 11.2. The van der Waals surface area contributed by atoms with Crippen molar-refractivity contribution in [1.82, 2.24) is 19.2 Å². The van der Waals surface area contributed by atoms with Gasteiger partial charge in [-0.3, -0.25) is 19.5 Å². The molecule has 0 saturated carbocycles. The molecular formula is C23H21BrN4O4. The summed E-state index contributed by atoms with van der Waals surface area (Å²) >= 11 is 3.41. The van der Waals surface area contributed by atoms with Crippen molar-refractivity contribution in [3.63, 3.8) is 0 Å². The van der Waals surface area contributed by atoms with Crippen LogP contribution in [0.1, 0.15) is 42.5 Å². The molecule has 0 bridgehead atoms. The fourth-order valence-electron chi connectivity index (χ4n) is 4.31. The van der Waals surface area contributed by atoms with Crippen molar-refractivity contribution in [3.05, 3.63) is 69.2 Å². The number of piperazine rings is 1. The average Bonchev–Trinajstić information content (AvgIpc) is 3.13. The Balaban J connectivity index is 1.50. The van der Waals surface area contributed by atoms with E-state index in [-0.39, 0.29) is 40.5 Å². The molecule has 0 spiro atoms. The summed E-state index contributed by atoms with van der Waals surface area (Å²) < 4.78 is 7.88. The molecule has 9 heteroatoms. The molecule has 5 rings (SSSR count). The molecule has 1 fully saturated rings. The summed E-state index contributed by atoms with van der Waals surface area (Å²) in [6.45, 7) is 4.63. The predicted octanol–water partition coefficient (Wildman–Crippen LogP) is 2.28. The van der Waals surface area contributed by atoms with E-state index < -0.39 is 11.8 Å². The Hall–Kier alpha value is -2.88. The number of rotatable bonds is 4. The van der Waals surface area contributed by atoms with Crippen LogP contribution < -0.4 is 0 Å². The van der Waals surface area contributed by atoms with Gasteiger partial charge in [-0.2, -0.15) is 0 Å². The maximum Gasteiger partial charge on any atom is 0.341 e. The van der Waals surface area contributed by atoms with Gasteiger partial charge in [0.05, 0.1) is 22.2 Å². The van der Waals surface area contributed by atoms with Gasteiger partial charge < -0.3 is 14.0 Å². The molecule has 164 valence electrons. The molecule has 1 saturated heterocycles. The van der Waals surface area contributed by atoms with Gasteiger partial charge in [-0.15, -0.1) is 0 Å². The standard InChI is InChI=1S/C23H21BrN4O4/c1-26-7-9-27(10-8-26)11-12-32-23(31)17-16-5-4-14(24)13-28(16)20-18(17)21(29)15-3-2-6-25-19(15)22(20)30/h2-6,13H,7-12H2,1H3. The molecule has 0 amide bonds. The van der Waals surface area contributed by atoms with Crippen LogP contribution in [-0.4, -0.2) is 83.1 Å². The van der Waals surface area contributed by atoms with Crippen LogP contribution >= 0.6 is 15.9 Å². The van der Waals surface area contributed by atoms with E-state index in [2.05, 4.69) is 37.8 Å². The number of likely N-dealkylation sites (N-methyl/N-ethyl adjacent to an activating group) is 1. The van der Waals surface area contributed by atoms with Gasteiger partial charge >= 0.3 is 5.97 Å². The molecular weight excluding hydrogens is 476 g/mol. The molecule has 4 heterocycles. The SMILES string of the molecule is CN1CCN(CCOC(=O)c2c3c(n4cc(Br)ccc24)C(=O)c2ncccc2C3=O)CC1. The summed E-state index contributed by atoms with van der Waals surface area (Å²) in [5.74, 6) is -1.39. The minimum atomic E-state index is -0.603. The van der Waals surface area contributed by atoms with E-state index in [1.807, 2.05) is 0 Å². The quantitative estimate of drug-likeness (QED) is 0.400. The Morgan fingerprint density at radius 3 is 2.69 bits per heavy atom. The Labute approximate surface area is 192 Å². The number of halogens is 1. The number of ether oxygens (including phenoxy) is 1. The number of esters is 1. The van der Waals surface area contributed by atoms with Crippen molar-refractivity contribution in [3.8, 4) is 0 Å². The molecule has 2 aliphatic rings. The van der Waals surface area contributed by atoms with Gasteiger partial charge in [-0.1, -0.05) is 0 Å². The monoisotopic (exact) mass is 496 g/mol. The number of hydrogen-bond acceptors (Lipinski definition) is 7. The maximum atomic E-state index is 13.3. The van der Waals surface area contributed by atoms with E-state index in [1.54, 1.807) is 34.9 Å². The van der Waals surface area contributed by atoms with Gasteiger partial charge in [-0.05, 0) is 47.2 Å². The Kier molecular flexibility index (Phi) is 5.40. The van der Waals surface area contributed by atoms with E-state index >= 15 is 0 Å². The topological polar surface area (TPSA) is 84.2 Å². The summed E-state index contributed by atoms with van der Waals surface area (Å²) in [5.41, 5.74) is 1.10. The highest BCUT2D eigenvalue weighted by Gasteiger charge is 2.39. The fraction of sp³-hybridized carbons (Fsp3) is 0.304. The third kappa shape index (κ3) is 3.46. The number of carbonyl (C=O) groups excluding carboxylic acids is 3. The molecule has 0 N–H and O–H groups in total. The summed E-state index contributed by atoms with van der Waals surface area (Å²) in [7, 11) is 2.09. The van der Waals surface area contributed by atoms with Crippen LogP contribution in [-0.2, 0) is 4.74 Å². The molecule has 32 heavy (non-hydrogen) atoms. The van der Waals surface area contributed by atoms with Crippen molar-refractivity contribution in [2.75, 3.05) is 46.4 Å². The zero-order chi connectivity index (χ0) is 22.4. The first-order chi connectivity index (χ1) is 15.5. The molecule has 1 aliphatic heterocycles. The van der Waals surface area contributed by atoms with Crippen LogP contribution in [0, 0.1) is 0 Å². The van der Waals surface area contributed by atoms with Gasteiger partial charge in [-0.25, -0.2) is 4.79 Å². The summed E-state index contributed by atoms with van der Waals surface area (Å²) in [5, 5.41) is 0. The molecule has 3 aromatic rings. The Morgan fingerprint density at radius 1 is 1.12 bits per heavy atom. The lowest BCUT2D eigenvalue weighted by Gasteiger charge is -2.32. The van der Waals surface area contributed by atoms with Crippen molar-refractivity contribution in [2.24, 2.45) is 0 Å². The maximum absolute atomic E-state index is 13.3. The number of pyridine rings is 2.